The van der Waals surface area contributed by atoms with Gasteiger partial charge in [0, 0.05) is 25.7 Å². The first-order valence-electron chi connectivity index (χ1n) is 9.20. The zero-order valence-electron chi connectivity index (χ0n) is 16.2. The number of carbonyl (C=O) groups is 1. The molecule has 30 heavy (non-hydrogen) atoms. The summed E-state index contributed by atoms with van der Waals surface area (Å²) in [5.41, 5.74) is 2.06. The molecule has 3 aromatic rings. The number of hydrogen-bond acceptors (Lipinski definition) is 4. The van der Waals surface area contributed by atoms with Crippen molar-refractivity contribution in [2.45, 2.75) is 23.1 Å². The highest BCUT2D eigenvalue weighted by molar-refractivity contribution is 9.10. The van der Waals surface area contributed by atoms with Crippen molar-refractivity contribution >= 4 is 45.3 Å². The second-order valence-electron chi connectivity index (χ2n) is 6.56. The molecule has 3 aromatic carbocycles. The van der Waals surface area contributed by atoms with Gasteiger partial charge in [-0.3, -0.25) is 0 Å². The topological polar surface area (TPSA) is 55.8 Å². The molecule has 0 spiro atoms. The van der Waals surface area contributed by atoms with Crippen molar-refractivity contribution in [2.75, 3.05) is 13.2 Å². The van der Waals surface area contributed by atoms with Gasteiger partial charge < -0.3 is 14.6 Å². The van der Waals surface area contributed by atoms with Crippen LogP contribution in [0.25, 0.3) is 0 Å². The predicted molar refractivity (Wildman–Crippen MR) is 123 cm³/mol. The number of carboxylic acids is 1. The molecule has 0 aromatic heterocycles. The van der Waals surface area contributed by atoms with E-state index in [2.05, 4.69) is 15.9 Å². The Bertz CT molecular complexity index is 1020. The normalized spacial score (nSPS) is 10.6. The Labute approximate surface area is 193 Å². The molecule has 156 valence electrons. The fourth-order valence-electron chi connectivity index (χ4n) is 2.74. The van der Waals surface area contributed by atoms with Crippen LogP contribution in [0.2, 0.25) is 5.02 Å². The summed E-state index contributed by atoms with van der Waals surface area (Å²) < 4.78 is 12.2. The van der Waals surface area contributed by atoms with E-state index in [1.54, 1.807) is 17.8 Å². The molecule has 4 nitrogen and oxygen atoms in total. The van der Waals surface area contributed by atoms with E-state index in [0.717, 1.165) is 37.0 Å². The summed E-state index contributed by atoms with van der Waals surface area (Å²) in [6.07, 6.45) is 0.795. The molecule has 0 bridgehead atoms. The third kappa shape index (κ3) is 6.97. The number of hydrogen-bond donors (Lipinski definition) is 1. The minimum absolute atomic E-state index is 0.352. The van der Waals surface area contributed by atoms with E-state index in [4.69, 9.17) is 26.2 Å². The molecule has 0 saturated carbocycles. The van der Waals surface area contributed by atoms with Crippen LogP contribution in [0.15, 0.2) is 74.9 Å². The summed E-state index contributed by atoms with van der Waals surface area (Å²) in [5.74, 6) is 0.367. The molecule has 0 aliphatic rings. The van der Waals surface area contributed by atoms with Gasteiger partial charge in [-0.15, -0.1) is 0 Å². The maximum Gasteiger partial charge on any atom is 0.341 e. The van der Waals surface area contributed by atoms with Crippen LogP contribution >= 0.6 is 39.3 Å². The molecular weight excluding hydrogens is 488 g/mol. The molecule has 0 aliphatic carbocycles. The fourth-order valence-corrected chi connectivity index (χ4v) is 4.49. The number of benzene rings is 3. The van der Waals surface area contributed by atoms with Crippen molar-refractivity contribution in [1.82, 2.24) is 0 Å². The number of aliphatic carboxylic acids is 1. The number of ether oxygens (including phenoxy) is 2. The molecule has 0 unspecified atom stereocenters. The summed E-state index contributed by atoms with van der Waals surface area (Å²) in [6.45, 7) is 2.11. The van der Waals surface area contributed by atoms with Crippen LogP contribution in [0.5, 0.6) is 11.5 Å². The van der Waals surface area contributed by atoms with Crippen molar-refractivity contribution in [1.29, 1.82) is 0 Å². The maximum absolute atomic E-state index is 10.7. The van der Waals surface area contributed by atoms with Crippen LogP contribution < -0.4 is 9.47 Å². The van der Waals surface area contributed by atoms with Gasteiger partial charge in [-0.1, -0.05) is 51.4 Å². The van der Waals surface area contributed by atoms with Crippen LogP contribution in [0, 0.1) is 6.92 Å². The lowest BCUT2D eigenvalue weighted by atomic mass is 10.2. The highest BCUT2D eigenvalue weighted by Gasteiger charge is 2.07. The average Bonchev–Trinajstić information content (AvgIpc) is 2.68. The zero-order valence-corrected chi connectivity index (χ0v) is 19.4. The van der Waals surface area contributed by atoms with Crippen LogP contribution in [-0.2, 0) is 11.2 Å². The Morgan fingerprint density at radius 3 is 2.50 bits per heavy atom. The van der Waals surface area contributed by atoms with Gasteiger partial charge in [0.1, 0.15) is 11.5 Å². The monoisotopic (exact) mass is 506 g/mol. The Kier molecular flexibility index (Phi) is 8.08. The van der Waals surface area contributed by atoms with E-state index in [-0.39, 0.29) is 6.61 Å². The van der Waals surface area contributed by atoms with Gasteiger partial charge in [0.15, 0.2) is 6.61 Å². The Morgan fingerprint density at radius 1 is 1.03 bits per heavy atom. The van der Waals surface area contributed by atoms with Gasteiger partial charge in [0.25, 0.3) is 0 Å². The van der Waals surface area contributed by atoms with Crippen molar-refractivity contribution in [2.24, 2.45) is 0 Å². The van der Waals surface area contributed by atoms with Crippen LogP contribution in [0.3, 0.4) is 0 Å². The van der Waals surface area contributed by atoms with Gasteiger partial charge in [-0.05, 0) is 66.6 Å². The standard InChI is InChI=1S/C23H20BrClO4S/c1-15-10-20(6-7-22(15)29-14-23(26)27)30-21-12-17(24)11-19(13-21)28-9-8-16-2-4-18(25)5-3-16/h2-7,10-13H,8-9,14H2,1H3,(H,26,27). The van der Waals surface area contributed by atoms with Gasteiger partial charge in [-0.25, -0.2) is 4.79 Å². The smallest absolute Gasteiger partial charge is 0.341 e. The van der Waals surface area contributed by atoms with Gasteiger partial charge in [0.2, 0.25) is 0 Å². The van der Waals surface area contributed by atoms with Crippen molar-refractivity contribution < 1.29 is 19.4 Å². The molecule has 3 rings (SSSR count). The Hall–Kier alpha value is -2.15. The van der Waals surface area contributed by atoms with E-state index in [1.807, 2.05) is 61.5 Å². The highest BCUT2D eigenvalue weighted by atomic mass is 79.9. The molecular formula is C23H20BrClO4S. The number of carboxylic acid groups (broad SMARTS) is 1. The maximum atomic E-state index is 10.7. The third-order valence-corrected chi connectivity index (χ3v) is 5.82. The minimum atomic E-state index is -0.995. The third-order valence-electron chi connectivity index (χ3n) is 4.15. The summed E-state index contributed by atoms with van der Waals surface area (Å²) in [5, 5.41) is 9.48. The Morgan fingerprint density at radius 2 is 1.80 bits per heavy atom. The van der Waals surface area contributed by atoms with E-state index < -0.39 is 5.97 Å². The molecule has 7 heteroatoms. The second-order valence-corrected chi connectivity index (χ2v) is 9.06. The van der Waals surface area contributed by atoms with E-state index >= 15 is 0 Å². The first-order valence-corrected chi connectivity index (χ1v) is 11.2. The van der Waals surface area contributed by atoms with Crippen molar-refractivity contribution in [3.8, 4) is 11.5 Å². The Balaban J connectivity index is 1.62. The fraction of sp³-hybridized carbons (Fsp3) is 0.174. The number of halogens is 2. The van der Waals surface area contributed by atoms with E-state index in [0.29, 0.717) is 12.4 Å². The first kappa shape index (κ1) is 22.5. The van der Waals surface area contributed by atoms with Gasteiger partial charge in [-0.2, -0.15) is 0 Å². The van der Waals surface area contributed by atoms with Crippen LogP contribution in [0.4, 0.5) is 0 Å². The predicted octanol–water partition coefficient (Wildman–Crippen LogP) is 6.65. The minimum Gasteiger partial charge on any atom is -0.493 e. The average molecular weight is 508 g/mol. The first-order chi connectivity index (χ1) is 14.4. The van der Waals surface area contributed by atoms with Crippen LogP contribution in [-0.4, -0.2) is 24.3 Å². The van der Waals surface area contributed by atoms with Gasteiger partial charge in [0.05, 0.1) is 6.61 Å². The summed E-state index contributed by atoms with van der Waals surface area (Å²) in [4.78, 5) is 12.7. The van der Waals surface area contributed by atoms with Crippen molar-refractivity contribution in [3.63, 3.8) is 0 Å². The lowest BCUT2D eigenvalue weighted by molar-refractivity contribution is -0.139. The second kappa shape index (κ2) is 10.8. The summed E-state index contributed by atoms with van der Waals surface area (Å²) >= 11 is 11.1. The van der Waals surface area contributed by atoms with Gasteiger partial charge >= 0.3 is 5.97 Å². The van der Waals surface area contributed by atoms with Crippen molar-refractivity contribution in [3.05, 3.63) is 81.3 Å². The zero-order chi connectivity index (χ0) is 21.5. The lowest BCUT2D eigenvalue weighted by Gasteiger charge is -2.11. The quantitative estimate of drug-likeness (QED) is 0.351. The number of rotatable bonds is 9. The molecule has 1 N–H and O–H groups in total. The van der Waals surface area contributed by atoms with Crippen LogP contribution in [0.1, 0.15) is 11.1 Å². The van der Waals surface area contributed by atoms with E-state index in [9.17, 15) is 4.79 Å². The molecule has 0 saturated heterocycles. The lowest BCUT2D eigenvalue weighted by Crippen LogP contribution is -2.09. The molecule has 0 heterocycles. The summed E-state index contributed by atoms with van der Waals surface area (Å²) in [7, 11) is 0. The molecule has 0 atom stereocenters. The molecule has 0 aliphatic heterocycles. The molecule has 0 amide bonds. The largest absolute Gasteiger partial charge is 0.493 e. The number of aryl methyl sites for hydroxylation is 1. The summed E-state index contributed by atoms with van der Waals surface area (Å²) in [6, 6.07) is 19.4. The highest BCUT2D eigenvalue weighted by Crippen LogP contribution is 2.35. The SMILES string of the molecule is Cc1cc(Sc2cc(Br)cc(OCCc3ccc(Cl)cc3)c2)ccc1OCC(=O)O. The molecule has 0 fully saturated rings. The molecule has 0 radical (unpaired) electrons. The van der Waals surface area contributed by atoms with E-state index in [1.165, 1.54) is 5.56 Å².